The van der Waals surface area contributed by atoms with Crippen LogP contribution in [0.25, 0.3) is 0 Å². The molecule has 0 aliphatic rings. The van der Waals surface area contributed by atoms with Crippen LogP contribution in [0.15, 0.2) is 12.7 Å². The molecule has 0 radical (unpaired) electrons. The Hall–Kier alpha value is -0.123. The monoisotopic (exact) mass is 286 g/mol. The minimum atomic E-state index is -1.13. The van der Waals surface area contributed by atoms with Gasteiger partial charge in [0.15, 0.2) is 6.29 Å². The summed E-state index contributed by atoms with van der Waals surface area (Å²) in [6.07, 6.45) is 6.74. The minimum Gasteiger partial charge on any atom is -0.353 e. The molecule has 0 fully saturated rings. The number of allylic oxidation sites excluding steroid dienone is 1. The van der Waals surface area contributed by atoms with Crippen molar-refractivity contribution in [3.05, 3.63) is 12.7 Å². The van der Waals surface area contributed by atoms with Gasteiger partial charge in [0.2, 0.25) is 0 Å². The SMILES string of the molecule is C=CC(CCC(C)OC(CCC)OCC)[Si](C)(C)C. The molecule has 0 saturated carbocycles. The smallest absolute Gasteiger partial charge is 0.157 e. The number of hydrogen-bond donors (Lipinski definition) is 0. The molecule has 0 aromatic rings. The molecule has 0 saturated heterocycles. The summed E-state index contributed by atoms with van der Waals surface area (Å²) in [6, 6.07) is 0. The van der Waals surface area contributed by atoms with Crippen molar-refractivity contribution in [3.63, 3.8) is 0 Å². The summed E-state index contributed by atoms with van der Waals surface area (Å²) in [7, 11) is -1.13. The third-order valence-corrected chi connectivity index (χ3v) is 6.29. The molecule has 0 amide bonds. The van der Waals surface area contributed by atoms with Gasteiger partial charge in [-0.05, 0) is 38.7 Å². The van der Waals surface area contributed by atoms with Gasteiger partial charge in [0.1, 0.15) is 0 Å². The van der Waals surface area contributed by atoms with E-state index in [1.165, 1.54) is 6.42 Å². The van der Waals surface area contributed by atoms with Crippen LogP contribution in [0.3, 0.4) is 0 Å². The Labute approximate surface area is 121 Å². The third-order valence-electron chi connectivity index (χ3n) is 3.54. The summed E-state index contributed by atoms with van der Waals surface area (Å²) in [5.41, 5.74) is 0.676. The summed E-state index contributed by atoms with van der Waals surface area (Å²) < 4.78 is 11.6. The van der Waals surface area contributed by atoms with Crippen LogP contribution in [-0.2, 0) is 9.47 Å². The third kappa shape index (κ3) is 8.61. The molecule has 2 nitrogen and oxygen atoms in total. The van der Waals surface area contributed by atoms with E-state index in [0.717, 1.165) is 25.9 Å². The molecule has 0 spiro atoms. The molecule has 0 aromatic heterocycles. The molecular formula is C16H34O2Si. The van der Waals surface area contributed by atoms with E-state index >= 15 is 0 Å². The van der Waals surface area contributed by atoms with Crippen LogP contribution in [0.1, 0.15) is 46.5 Å². The van der Waals surface area contributed by atoms with Crippen LogP contribution < -0.4 is 0 Å². The normalized spacial score (nSPS) is 16.9. The van der Waals surface area contributed by atoms with Crippen molar-refractivity contribution in [2.45, 2.75) is 84.0 Å². The quantitative estimate of drug-likeness (QED) is 0.294. The number of ether oxygens (including phenoxy) is 2. The largest absolute Gasteiger partial charge is 0.353 e. The Morgan fingerprint density at radius 3 is 2.16 bits per heavy atom. The highest BCUT2D eigenvalue weighted by molar-refractivity contribution is 6.78. The van der Waals surface area contributed by atoms with Gasteiger partial charge in [-0.1, -0.05) is 39.1 Å². The molecule has 3 heteroatoms. The summed E-state index contributed by atoms with van der Waals surface area (Å²) >= 11 is 0. The number of rotatable bonds is 11. The van der Waals surface area contributed by atoms with Crippen molar-refractivity contribution < 1.29 is 9.47 Å². The van der Waals surface area contributed by atoms with Crippen molar-refractivity contribution in [3.8, 4) is 0 Å². The summed E-state index contributed by atoms with van der Waals surface area (Å²) in [4.78, 5) is 0. The van der Waals surface area contributed by atoms with E-state index in [4.69, 9.17) is 9.47 Å². The van der Waals surface area contributed by atoms with E-state index in [1.54, 1.807) is 0 Å². The van der Waals surface area contributed by atoms with Gasteiger partial charge >= 0.3 is 0 Å². The van der Waals surface area contributed by atoms with Crippen LogP contribution in [0.2, 0.25) is 25.2 Å². The molecule has 0 bridgehead atoms. The van der Waals surface area contributed by atoms with Gasteiger partial charge < -0.3 is 9.47 Å². The first-order valence-corrected chi connectivity index (χ1v) is 11.3. The average molecular weight is 287 g/mol. The highest BCUT2D eigenvalue weighted by atomic mass is 28.3. The molecule has 19 heavy (non-hydrogen) atoms. The Kier molecular flexibility index (Phi) is 9.67. The van der Waals surface area contributed by atoms with Crippen LogP contribution in [-0.4, -0.2) is 27.1 Å². The fourth-order valence-corrected chi connectivity index (χ4v) is 4.00. The van der Waals surface area contributed by atoms with Crippen molar-refractivity contribution in [1.82, 2.24) is 0 Å². The minimum absolute atomic E-state index is 0.0286. The molecule has 0 aromatic carbocycles. The van der Waals surface area contributed by atoms with Crippen molar-refractivity contribution in [2.24, 2.45) is 0 Å². The lowest BCUT2D eigenvalue weighted by molar-refractivity contribution is -0.168. The Bertz CT molecular complexity index is 229. The van der Waals surface area contributed by atoms with Crippen LogP contribution in [0.5, 0.6) is 0 Å². The average Bonchev–Trinajstić information content (AvgIpc) is 2.28. The molecule has 0 heterocycles. The van der Waals surface area contributed by atoms with Gasteiger partial charge in [0.05, 0.1) is 14.2 Å². The van der Waals surface area contributed by atoms with Gasteiger partial charge in [0.25, 0.3) is 0 Å². The highest BCUT2D eigenvalue weighted by Gasteiger charge is 2.24. The molecular weight excluding hydrogens is 252 g/mol. The number of hydrogen-bond acceptors (Lipinski definition) is 2. The fraction of sp³-hybridized carbons (Fsp3) is 0.875. The first-order chi connectivity index (χ1) is 8.85. The molecule has 0 rings (SSSR count). The fourth-order valence-electron chi connectivity index (χ4n) is 2.26. The molecule has 0 aliphatic carbocycles. The van der Waals surface area contributed by atoms with Gasteiger partial charge in [-0.2, -0.15) is 0 Å². The molecule has 3 unspecified atom stereocenters. The Balaban J connectivity index is 4.14. The van der Waals surface area contributed by atoms with Gasteiger partial charge in [-0.25, -0.2) is 0 Å². The lowest BCUT2D eigenvalue weighted by atomic mass is 10.1. The summed E-state index contributed by atoms with van der Waals surface area (Å²) in [6.45, 7) is 18.3. The molecule has 0 aliphatic heterocycles. The zero-order valence-corrected chi connectivity index (χ0v) is 14.9. The summed E-state index contributed by atoms with van der Waals surface area (Å²) in [5, 5.41) is 0. The first kappa shape index (κ1) is 18.9. The maximum Gasteiger partial charge on any atom is 0.157 e. The Morgan fingerprint density at radius 1 is 1.11 bits per heavy atom. The standard InChI is InChI=1S/C16H34O2Si/c1-8-11-16(17-10-3)18-14(4)12-13-15(9-2)19(5,6)7/h9,14-16H,2,8,10-13H2,1,3-7H3. The van der Waals surface area contributed by atoms with Crippen LogP contribution in [0, 0.1) is 0 Å². The van der Waals surface area contributed by atoms with E-state index < -0.39 is 8.07 Å². The second-order valence-corrected chi connectivity index (χ2v) is 11.9. The van der Waals surface area contributed by atoms with E-state index in [9.17, 15) is 0 Å². The topological polar surface area (TPSA) is 18.5 Å². The van der Waals surface area contributed by atoms with E-state index in [2.05, 4.69) is 46.1 Å². The second-order valence-electron chi connectivity index (χ2n) is 6.41. The van der Waals surface area contributed by atoms with Crippen molar-refractivity contribution in [2.75, 3.05) is 6.61 Å². The zero-order chi connectivity index (χ0) is 14.9. The van der Waals surface area contributed by atoms with Crippen LogP contribution in [0.4, 0.5) is 0 Å². The maximum atomic E-state index is 6.00. The molecule has 114 valence electrons. The lowest BCUT2D eigenvalue weighted by Crippen LogP contribution is -2.28. The van der Waals surface area contributed by atoms with Gasteiger partial charge in [-0.15, -0.1) is 6.58 Å². The Morgan fingerprint density at radius 2 is 1.74 bits per heavy atom. The molecule has 3 atom stereocenters. The van der Waals surface area contributed by atoms with Gasteiger partial charge in [-0.3, -0.25) is 0 Å². The lowest BCUT2D eigenvalue weighted by Gasteiger charge is -2.28. The van der Waals surface area contributed by atoms with E-state index in [1.807, 2.05) is 6.92 Å². The molecule has 0 N–H and O–H groups in total. The predicted octanol–water partition coefficient (Wildman–Crippen LogP) is 5.23. The van der Waals surface area contributed by atoms with E-state index in [-0.39, 0.29) is 12.4 Å². The second kappa shape index (κ2) is 9.73. The highest BCUT2D eigenvalue weighted by Crippen LogP contribution is 2.29. The van der Waals surface area contributed by atoms with Crippen molar-refractivity contribution >= 4 is 8.07 Å². The van der Waals surface area contributed by atoms with E-state index in [0.29, 0.717) is 5.54 Å². The van der Waals surface area contributed by atoms with Crippen LogP contribution >= 0.6 is 0 Å². The maximum absolute atomic E-state index is 6.00. The van der Waals surface area contributed by atoms with Gasteiger partial charge in [0, 0.05) is 6.61 Å². The summed E-state index contributed by atoms with van der Waals surface area (Å²) in [5.74, 6) is 0. The zero-order valence-electron chi connectivity index (χ0n) is 13.9. The first-order valence-electron chi connectivity index (χ1n) is 7.74. The predicted molar refractivity (Wildman–Crippen MR) is 87.4 cm³/mol. The van der Waals surface area contributed by atoms with Crippen molar-refractivity contribution in [1.29, 1.82) is 0 Å².